The standard InChI is InChI=1S/C20H29N5S.HI/c1-15-16(2)26-19(24-15)13-23-20(21-3)22-12-18-10-7-11-25(18)14-17-8-5-4-6-9-17;/h4-6,8-9,18H,7,10-14H2,1-3H3,(H2,21,22,23);1H. The lowest BCUT2D eigenvalue weighted by molar-refractivity contribution is 0.245. The molecular weight excluding hydrogens is 469 g/mol. The number of aryl methyl sites for hydroxylation is 2. The van der Waals surface area contributed by atoms with Crippen LogP contribution in [0.4, 0.5) is 0 Å². The zero-order valence-corrected chi connectivity index (χ0v) is 19.5. The van der Waals surface area contributed by atoms with Crippen molar-refractivity contribution in [1.82, 2.24) is 20.5 Å². The molecule has 148 valence electrons. The molecule has 7 heteroatoms. The number of thiazole rings is 1. The number of hydrogen-bond acceptors (Lipinski definition) is 4. The van der Waals surface area contributed by atoms with Crippen LogP contribution < -0.4 is 10.6 Å². The van der Waals surface area contributed by atoms with Crippen molar-refractivity contribution in [2.45, 2.75) is 45.8 Å². The van der Waals surface area contributed by atoms with Crippen molar-refractivity contribution in [1.29, 1.82) is 0 Å². The van der Waals surface area contributed by atoms with Gasteiger partial charge in [-0.05, 0) is 38.8 Å². The Morgan fingerprint density at radius 2 is 2.04 bits per heavy atom. The predicted molar refractivity (Wildman–Crippen MR) is 125 cm³/mol. The van der Waals surface area contributed by atoms with E-state index in [1.807, 2.05) is 7.05 Å². The first-order valence-corrected chi connectivity index (χ1v) is 10.1. The van der Waals surface area contributed by atoms with Gasteiger partial charge in [-0.2, -0.15) is 0 Å². The third kappa shape index (κ3) is 6.43. The molecule has 2 aromatic rings. The Labute approximate surface area is 183 Å². The van der Waals surface area contributed by atoms with Gasteiger partial charge in [0.05, 0.1) is 12.2 Å². The molecule has 1 aromatic carbocycles. The molecule has 0 aliphatic carbocycles. The molecule has 1 fully saturated rings. The van der Waals surface area contributed by atoms with Gasteiger partial charge in [0.1, 0.15) is 5.01 Å². The Morgan fingerprint density at radius 1 is 1.26 bits per heavy atom. The highest BCUT2D eigenvalue weighted by Crippen LogP contribution is 2.19. The van der Waals surface area contributed by atoms with Crippen LogP contribution in [0.15, 0.2) is 35.3 Å². The molecule has 1 aliphatic rings. The summed E-state index contributed by atoms with van der Waals surface area (Å²) < 4.78 is 0. The van der Waals surface area contributed by atoms with E-state index in [1.54, 1.807) is 11.3 Å². The van der Waals surface area contributed by atoms with Crippen LogP contribution in [0.1, 0.15) is 34.0 Å². The summed E-state index contributed by atoms with van der Waals surface area (Å²) >= 11 is 1.75. The summed E-state index contributed by atoms with van der Waals surface area (Å²) in [6.07, 6.45) is 2.50. The number of aliphatic imine (C=N–C) groups is 1. The first kappa shape index (κ1) is 22.1. The molecule has 1 aromatic heterocycles. The Bertz CT molecular complexity index is 712. The van der Waals surface area contributed by atoms with Gasteiger partial charge in [0, 0.05) is 31.1 Å². The van der Waals surface area contributed by atoms with E-state index >= 15 is 0 Å². The second-order valence-corrected chi connectivity index (χ2v) is 8.10. The van der Waals surface area contributed by atoms with E-state index in [0.29, 0.717) is 6.04 Å². The van der Waals surface area contributed by atoms with E-state index in [0.717, 1.165) is 36.3 Å². The van der Waals surface area contributed by atoms with Gasteiger partial charge in [-0.15, -0.1) is 35.3 Å². The van der Waals surface area contributed by atoms with Crippen LogP contribution in [-0.2, 0) is 13.1 Å². The lowest BCUT2D eigenvalue weighted by atomic mass is 10.2. The van der Waals surface area contributed by atoms with E-state index < -0.39 is 0 Å². The zero-order valence-electron chi connectivity index (χ0n) is 16.4. The Balaban J connectivity index is 0.00000261. The van der Waals surface area contributed by atoms with Gasteiger partial charge in [-0.3, -0.25) is 9.89 Å². The van der Waals surface area contributed by atoms with Crippen LogP contribution in [0.2, 0.25) is 0 Å². The Hall–Kier alpha value is -1.19. The minimum Gasteiger partial charge on any atom is -0.355 e. The second kappa shape index (κ2) is 11.0. The number of guanidine groups is 1. The number of aromatic nitrogens is 1. The van der Waals surface area contributed by atoms with Crippen molar-refractivity contribution in [3.05, 3.63) is 51.5 Å². The van der Waals surface area contributed by atoms with Crippen LogP contribution in [0.25, 0.3) is 0 Å². The number of likely N-dealkylation sites (tertiary alicyclic amines) is 1. The minimum atomic E-state index is 0. The average molecular weight is 499 g/mol. The minimum absolute atomic E-state index is 0. The fourth-order valence-electron chi connectivity index (χ4n) is 3.36. The molecule has 1 saturated heterocycles. The van der Waals surface area contributed by atoms with Gasteiger partial charge >= 0.3 is 0 Å². The third-order valence-corrected chi connectivity index (χ3v) is 6.01. The van der Waals surface area contributed by atoms with Crippen molar-refractivity contribution in [3.8, 4) is 0 Å². The fraction of sp³-hybridized carbons (Fsp3) is 0.500. The smallest absolute Gasteiger partial charge is 0.191 e. The fourth-order valence-corrected chi connectivity index (χ4v) is 4.24. The van der Waals surface area contributed by atoms with Crippen molar-refractivity contribution < 1.29 is 0 Å². The van der Waals surface area contributed by atoms with Gasteiger partial charge < -0.3 is 10.6 Å². The van der Waals surface area contributed by atoms with Crippen LogP contribution in [0.3, 0.4) is 0 Å². The maximum atomic E-state index is 4.58. The van der Waals surface area contributed by atoms with Crippen molar-refractivity contribution in [2.24, 2.45) is 4.99 Å². The van der Waals surface area contributed by atoms with Gasteiger partial charge in [0.15, 0.2) is 5.96 Å². The van der Waals surface area contributed by atoms with E-state index in [1.165, 1.54) is 29.8 Å². The second-order valence-electron chi connectivity index (χ2n) is 6.81. The Morgan fingerprint density at radius 3 is 2.70 bits per heavy atom. The molecule has 0 saturated carbocycles. The predicted octanol–water partition coefficient (Wildman–Crippen LogP) is 3.71. The molecule has 1 aliphatic heterocycles. The summed E-state index contributed by atoms with van der Waals surface area (Å²) in [5.74, 6) is 0.849. The average Bonchev–Trinajstić information content (AvgIpc) is 3.22. The van der Waals surface area contributed by atoms with E-state index in [4.69, 9.17) is 0 Å². The molecule has 0 amide bonds. The summed E-state index contributed by atoms with van der Waals surface area (Å²) in [5, 5.41) is 7.98. The van der Waals surface area contributed by atoms with E-state index in [2.05, 4.69) is 69.7 Å². The summed E-state index contributed by atoms with van der Waals surface area (Å²) in [4.78, 5) is 12.8. The topological polar surface area (TPSA) is 52.6 Å². The van der Waals surface area contributed by atoms with Crippen molar-refractivity contribution in [3.63, 3.8) is 0 Å². The van der Waals surface area contributed by atoms with Crippen LogP contribution in [0, 0.1) is 13.8 Å². The molecule has 27 heavy (non-hydrogen) atoms. The van der Waals surface area contributed by atoms with Gasteiger partial charge in [0.2, 0.25) is 0 Å². The summed E-state index contributed by atoms with van der Waals surface area (Å²) in [7, 11) is 1.82. The number of nitrogens with zero attached hydrogens (tertiary/aromatic N) is 3. The highest BCUT2D eigenvalue weighted by atomic mass is 127. The monoisotopic (exact) mass is 499 g/mol. The summed E-state index contributed by atoms with van der Waals surface area (Å²) in [6, 6.07) is 11.3. The summed E-state index contributed by atoms with van der Waals surface area (Å²) in [5.41, 5.74) is 2.51. The van der Waals surface area contributed by atoms with Crippen LogP contribution in [0.5, 0.6) is 0 Å². The first-order valence-electron chi connectivity index (χ1n) is 9.31. The number of nitrogens with one attached hydrogen (secondary N) is 2. The van der Waals surface area contributed by atoms with E-state index in [9.17, 15) is 0 Å². The molecule has 1 atom stereocenters. The normalized spacial score (nSPS) is 17.6. The first-order chi connectivity index (χ1) is 12.7. The van der Waals surface area contributed by atoms with E-state index in [-0.39, 0.29) is 24.0 Å². The lowest BCUT2D eigenvalue weighted by Crippen LogP contribution is -2.44. The molecule has 0 radical (unpaired) electrons. The van der Waals surface area contributed by atoms with Gasteiger partial charge in [0.25, 0.3) is 0 Å². The van der Waals surface area contributed by atoms with Crippen molar-refractivity contribution in [2.75, 3.05) is 20.1 Å². The quantitative estimate of drug-likeness (QED) is 0.362. The Kier molecular flexibility index (Phi) is 8.98. The van der Waals surface area contributed by atoms with Gasteiger partial charge in [-0.1, -0.05) is 30.3 Å². The molecule has 1 unspecified atom stereocenters. The SMILES string of the molecule is CN=C(NCc1nc(C)c(C)s1)NCC1CCCN1Cc1ccccc1.I. The molecule has 3 rings (SSSR count). The zero-order chi connectivity index (χ0) is 18.4. The maximum Gasteiger partial charge on any atom is 0.191 e. The molecule has 0 bridgehead atoms. The largest absolute Gasteiger partial charge is 0.355 e. The number of benzene rings is 1. The lowest BCUT2D eigenvalue weighted by Gasteiger charge is -2.25. The number of halogens is 1. The highest BCUT2D eigenvalue weighted by molar-refractivity contribution is 14.0. The van der Waals surface area contributed by atoms with Crippen LogP contribution in [-0.4, -0.2) is 42.0 Å². The van der Waals surface area contributed by atoms with Gasteiger partial charge in [-0.25, -0.2) is 4.98 Å². The summed E-state index contributed by atoms with van der Waals surface area (Å²) in [6.45, 7) is 8.01. The van der Waals surface area contributed by atoms with Crippen molar-refractivity contribution >= 4 is 41.3 Å². The molecule has 5 nitrogen and oxygen atoms in total. The highest BCUT2D eigenvalue weighted by Gasteiger charge is 2.24. The maximum absolute atomic E-state index is 4.58. The van der Waals surface area contributed by atoms with Crippen LogP contribution >= 0.6 is 35.3 Å². The molecule has 0 spiro atoms. The number of rotatable bonds is 6. The molecule has 2 N–H and O–H groups in total. The molecule has 2 heterocycles. The third-order valence-electron chi connectivity index (χ3n) is 4.94. The number of hydrogen-bond donors (Lipinski definition) is 2. The molecular formula is C20H30IN5S.